The minimum Gasteiger partial charge on any atom is -0.493 e. The van der Waals surface area contributed by atoms with Crippen LogP contribution in [0.1, 0.15) is 32.8 Å². The molecule has 0 radical (unpaired) electrons. The van der Waals surface area contributed by atoms with E-state index in [4.69, 9.17) is 14.2 Å². The Bertz CT molecular complexity index is 652. The number of rotatable bonds is 11. The van der Waals surface area contributed by atoms with Gasteiger partial charge in [-0.15, -0.1) is 0 Å². The fourth-order valence-corrected chi connectivity index (χ4v) is 2.04. The molecule has 1 aromatic carbocycles. The molecule has 0 saturated carbocycles. The number of halogens is 2. The smallest absolute Gasteiger partial charge is 0.387 e. The van der Waals surface area contributed by atoms with Gasteiger partial charge in [0.15, 0.2) is 17.6 Å². The predicted octanol–water partition coefficient (Wildman–Crippen LogP) is 3.70. The van der Waals surface area contributed by atoms with Crippen LogP contribution in [-0.4, -0.2) is 37.3 Å². The number of esters is 1. The largest absolute Gasteiger partial charge is 0.493 e. The van der Waals surface area contributed by atoms with E-state index in [9.17, 15) is 23.7 Å². The van der Waals surface area contributed by atoms with Crippen LogP contribution in [0.4, 0.5) is 14.5 Å². The number of hydrogen-bond acceptors (Lipinski definition) is 7. The van der Waals surface area contributed by atoms with Crippen molar-refractivity contribution in [3.05, 3.63) is 27.8 Å². The van der Waals surface area contributed by atoms with Crippen molar-refractivity contribution >= 4 is 11.7 Å². The molecule has 0 amide bonds. The maximum atomic E-state index is 12.4. The van der Waals surface area contributed by atoms with Crippen LogP contribution in [0.3, 0.4) is 0 Å². The van der Waals surface area contributed by atoms with E-state index in [1.165, 1.54) is 14.0 Å². The average molecular weight is 391 g/mol. The summed E-state index contributed by atoms with van der Waals surface area (Å²) < 4.78 is 44.4. The Hall–Kier alpha value is -2.49. The van der Waals surface area contributed by atoms with Gasteiger partial charge in [0.1, 0.15) is 6.61 Å². The van der Waals surface area contributed by atoms with Crippen molar-refractivity contribution in [2.45, 2.75) is 46.5 Å². The molecule has 10 heteroatoms. The summed E-state index contributed by atoms with van der Waals surface area (Å²) in [7, 11) is 1.19. The zero-order valence-electron chi connectivity index (χ0n) is 15.6. The molecule has 1 unspecified atom stereocenters. The first-order chi connectivity index (χ1) is 12.6. The van der Waals surface area contributed by atoms with E-state index >= 15 is 0 Å². The lowest BCUT2D eigenvalue weighted by Crippen LogP contribution is -2.24. The highest BCUT2D eigenvalue weighted by Crippen LogP contribution is 2.36. The first-order valence-corrected chi connectivity index (χ1v) is 8.24. The number of alkyl halides is 2. The van der Waals surface area contributed by atoms with Gasteiger partial charge < -0.3 is 18.9 Å². The number of nitro groups is 1. The minimum atomic E-state index is -3.17. The number of carbonyl (C=O) groups excluding carboxylic acids is 1. The van der Waals surface area contributed by atoms with Crippen LogP contribution in [-0.2, 0) is 20.9 Å². The summed E-state index contributed by atoms with van der Waals surface area (Å²) in [5.41, 5.74) is -0.561. The second kappa shape index (κ2) is 10.6. The van der Waals surface area contributed by atoms with Crippen LogP contribution in [0.25, 0.3) is 0 Å². The van der Waals surface area contributed by atoms with Gasteiger partial charge >= 0.3 is 12.6 Å². The first-order valence-electron chi connectivity index (χ1n) is 8.24. The second-order valence-corrected chi connectivity index (χ2v) is 6.07. The van der Waals surface area contributed by atoms with E-state index < -0.39 is 41.7 Å². The number of carbonyl (C=O) groups is 1. The van der Waals surface area contributed by atoms with Crippen LogP contribution in [0, 0.1) is 16.0 Å². The summed E-state index contributed by atoms with van der Waals surface area (Å²) in [5, 5.41) is 11.2. The van der Waals surface area contributed by atoms with E-state index in [0.29, 0.717) is 12.5 Å². The highest BCUT2D eigenvalue weighted by atomic mass is 19.3. The lowest BCUT2D eigenvalue weighted by molar-refractivity contribution is -0.386. The number of nitrogens with zero attached hydrogens (tertiary/aromatic N) is 1. The molecule has 0 aliphatic carbocycles. The normalized spacial score (nSPS) is 12.1. The van der Waals surface area contributed by atoms with E-state index in [2.05, 4.69) is 4.74 Å². The molecule has 0 bridgehead atoms. The zero-order valence-corrected chi connectivity index (χ0v) is 15.6. The van der Waals surface area contributed by atoms with Gasteiger partial charge in [0, 0.05) is 6.61 Å². The Kier molecular flexibility index (Phi) is 8.86. The standard InChI is InChI=1S/C17H23F2NO7/c1-10(2)5-6-25-11(3)16(21)26-9-12-7-14(24-4)15(27-17(18)19)8-13(12)20(22)23/h7-8,10-11,17H,5-6,9H2,1-4H3. The van der Waals surface area contributed by atoms with Crippen LogP contribution in [0.2, 0.25) is 0 Å². The minimum absolute atomic E-state index is 0.0267. The number of methoxy groups -OCH3 is 1. The van der Waals surface area contributed by atoms with Gasteiger partial charge in [0.05, 0.1) is 23.7 Å². The van der Waals surface area contributed by atoms with Crippen LogP contribution < -0.4 is 9.47 Å². The molecule has 0 saturated heterocycles. The Morgan fingerprint density at radius 3 is 2.41 bits per heavy atom. The number of ether oxygens (including phenoxy) is 4. The molecule has 27 heavy (non-hydrogen) atoms. The molecule has 152 valence electrons. The molecule has 0 spiro atoms. The van der Waals surface area contributed by atoms with Crippen molar-refractivity contribution in [1.82, 2.24) is 0 Å². The fraction of sp³-hybridized carbons (Fsp3) is 0.588. The number of nitro benzene ring substituents is 1. The van der Waals surface area contributed by atoms with Gasteiger partial charge in [0.2, 0.25) is 0 Å². The lowest BCUT2D eigenvalue weighted by atomic mass is 10.1. The van der Waals surface area contributed by atoms with Gasteiger partial charge in [-0.05, 0) is 25.3 Å². The highest BCUT2D eigenvalue weighted by molar-refractivity contribution is 5.74. The Morgan fingerprint density at radius 1 is 1.22 bits per heavy atom. The Morgan fingerprint density at radius 2 is 1.89 bits per heavy atom. The van der Waals surface area contributed by atoms with E-state index in [0.717, 1.165) is 18.6 Å². The molecule has 1 rings (SSSR count). The Balaban J connectivity index is 2.86. The molecule has 0 N–H and O–H groups in total. The summed E-state index contributed by atoms with van der Waals surface area (Å²) in [6.07, 6.45) is -0.0718. The molecule has 0 aliphatic rings. The monoisotopic (exact) mass is 391 g/mol. The van der Waals surface area contributed by atoms with Gasteiger partial charge in [-0.2, -0.15) is 8.78 Å². The van der Waals surface area contributed by atoms with E-state index in [1.807, 2.05) is 13.8 Å². The molecule has 0 aliphatic heterocycles. The fourth-order valence-electron chi connectivity index (χ4n) is 2.04. The van der Waals surface area contributed by atoms with Crippen molar-refractivity contribution in [3.8, 4) is 11.5 Å². The SMILES string of the molecule is COc1cc(COC(=O)C(C)OCCC(C)C)c([N+](=O)[O-])cc1OC(F)F. The molecule has 8 nitrogen and oxygen atoms in total. The van der Waals surface area contributed by atoms with Gasteiger partial charge in [-0.3, -0.25) is 10.1 Å². The van der Waals surface area contributed by atoms with Crippen molar-refractivity contribution in [2.75, 3.05) is 13.7 Å². The van der Waals surface area contributed by atoms with Crippen LogP contribution in [0.15, 0.2) is 12.1 Å². The molecular weight excluding hydrogens is 368 g/mol. The third-order valence-corrected chi connectivity index (χ3v) is 3.54. The van der Waals surface area contributed by atoms with Gasteiger partial charge in [0.25, 0.3) is 5.69 Å². The van der Waals surface area contributed by atoms with Crippen molar-refractivity contribution in [3.63, 3.8) is 0 Å². The van der Waals surface area contributed by atoms with Crippen LogP contribution in [0.5, 0.6) is 11.5 Å². The molecule has 1 aromatic rings. The Labute approximate surface area is 155 Å². The summed E-state index contributed by atoms with van der Waals surface area (Å²) in [4.78, 5) is 22.4. The van der Waals surface area contributed by atoms with E-state index in [-0.39, 0.29) is 11.3 Å². The molecule has 0 heterocycles. The predicted molar refractivity (Wildman–Crippen MR) is 90.9 cm³/mol. The maximum absolute atomic E-state index is 12.4. The van der Waals surface area contributed by atoms with Crippen molar-refractivity contribution in [1.29, 1.82) is 0 Å². The summed E-state index contributed by atoms with van der Waals surface area (Å²) >= 11 is 0. The van der Waals surface area contributed by atoms with Crippen LogP contribution >= 0.6 is 0 Å². The third kappa shape index (κ3) is 7.33. The van der Waals surface area contributed by atoms with E-state index in [1.54, 1.807) is 0 Å². The highest BCUT2D eigenvalue weighted by Gasteiger charge is 2.23. The second-order valence-electron chi connectivity index (χ2n) is 6.07. The number of benzene rings is 1. The molecule has 0 aromatic heterocycles. The summed E-state index contributed by atoms with van der Waals surface area (Å²) in [6.45, 7) is 2.29. The quantitative estimate of drug-likeness (QED) is 0.322. The molecule has 1 atom stereocenters. The first kappa shape index (κ1) is 22.6. The average Bonchev–Trinajstić information content (AvgIpc) is 2.58. The topological polar surface area (TPSA) is 97.1 Å². The van der Waals surface area contributed by atoms with Crippen molar-refractivity contribution < 1.29 is 37.4 Å². The molecule has 0 fully saturated rings. The third-order valence-electron chi connectivity index (χ3n) is 3.54. The zero-order chi connectivity index (χ0) is 20.6. The molecular formula is C17H23F2NO7. The van der Waals surface area contributed by atoms with Gasteiger partial charge in [-0.1, -0.05) is 13.8 Å². The number of hydrogen-bond donors (Lipinski definition) is 0. The lowest BCUT2D eigenvalue weighted by Gasteiger charge is -2.15. The summed E-state index contributed by atoms with van der Waals surface area (Å²) in [6, 6.07) is 1.92. The summed E-state index contributed by atoms with van der Waals surface area (Å²) in [5.74, 6) is -0.912. The van der Waals surface area contributed by atoms with Gasteiger partial charge in [-0.25, -0.2) is 4.79 Å². The van der Waals surface area contributed by atoms with Crippen molar-refractivity contribution in [2.24, 2.45) is 5.92 Å². The maximum Gasteiger partial charge on any atom is 0.387 e.